The van der Waals surface area contributed by atoms with Gasteiger partial charge in [0.15, 0.2) is 0 Å². The van der Waals surface area contributed by atoms with Crippen LogP contribution in [-0.2, 0) is 13.0 Å². The first-order valence-electron chi connectivity index (χ1n) is 8.32. The zero-order valence-electron chi connectivity index (χ0n) is 13.0. The Balaban J connectivity index is 1.75. The average molecular weight is 292 g/mol. The van der Waals surface area contributed by atoms with Gasteiger partial charge in [-0.05, 0) is 37.8 Å². The highest BCUT2D eigenvalue weighted by molar-refractivity contribution is 7.11. The summed E-state index contributed by atoms with van der Waals surface area (Å²) >= 11 is 2.02. The second-order valence-corrected chi connectivity index (χ2v) is 7.77. The van der Waals surface area contributed by atoms with Crippen molar-refractivity contribution < 1.29 is 0 Å². The third kappa shape index (κ3) is 2.81. The zero-order chi connectivity index (χ0) is 14.0. The Hall–Kier alpha value is -0.380. The van der Waals surface area contributed by atoms with Crippen LogP contribution in [0.25, 0.3) is 0 Å². The maximum Gasteiger partial charge on any atom is 0.0338 e. The highest BCUT2D eigenvalue weighted by Gasteiger charge is 2.43. The van der Waals surface area contributed by atoms with E-state index < -0.39 is 0 Å². The van der Waals surface area contributed by atoms with Crippen LogP contribution in [0.1, 0.15) is 55.7 Å². The fourth-order valence-electron chi connectivity index (χ4n) is 3.89. The molecule has 20 heavy (non-hydrogen) atoms. The van der Waals surface area contributed by atoms with E-state index in [0.29, 0.717) is 11.6 Å². The van der Waals surface area contributed by atoms with Crippen LogP contribution in [0.2, 0.25) is 0 Å². The number of rotatable bonds is 4. The van der Waals surface area contributed by atoms with Crippen LogP contribution in [-0.4, -0.2) is 29.6 Å². The molecule has 1 saturated heterocycles. The quantitative estimate of drug-likeness (QED) is 0.908. The molecule has 3 heteroatoms. The SMILES string of the molecule is CCc1ccc(CN2CC(CC)NCC23CCCC3)s1. The van der Waals surface area contributed by atoms with Gasteiger partial charge in [-0.25, -0.2) is 0 Å². The molecule has 1 atom stereocenters. The van der Waals surface area contributed by atoms with Gasteiger partial charge in [0.25, 0.3) is 0 Å². The smallest absolute Gasteiger partial charge is 0.0338 e. The molecule has 0 amide bonds. The first-order chi connectivity index (χ1) is 9.75. The van der Waals surface area contributed by atoms with E-state index in [1.807, 2.05) is 11.3 Å². The van der Waals surface area contributed by atoms with E-state index in [4.69, 9.17) is 0 Å². The van der Waals surface area contributed by atoms with Crippen LogP contribution < -0.4 is 5.32 Å². The van der Waals surface area contributed by atoms with Crippen molar-refractivity contribution in [1.29, 1.82) is 0 Å². The number of piperazine rings is 1. The molecular weight excluding hydrogens is 264 g/mol. The van der Waals surface area contributed by atoms with Gasteiger partial charge >= 0.3 is 0 Å². The third-order valence-corrected chi connectivity index (χ3v) is 6.49. The van der Waals surface area contributed by atoms with E-state index in [2.05, 4.69) is 36.2 Å². The zero-order valence-corrected chi connectivity index (χ0v) is 13.8. The van der Waals surface area contributed by atoms with Crippen molar-refractivity contribution in [2.75, 3.05) is 13.1 Å². The fraction of sp³-hybridized carbons (Fsp3) is 0.765. The van der Waals surface area contributed by atoms with Gasteiger partial charge in [-0.3, -0.25) is 4.90 Å². The molecule has 1 aliphatic heterocycles. The summed E-state index contributed by atoms with van der Waals surface area (Å²) < 4.78 is 0. The number of thiophene rings is 1. The summed E-state index contributed by atoms with van der Waals surface area (Å²) in [4.78, 5) is 5.91. The van der Waals surface area contributed by atoms with Crippen LogP contribution >= 0.6 is 11.3 Å². The Morgan fingerprint density at radius 3 is 2.65 bits per heavy atom. The van der Waals surface area contributed by atoms with Crippen molar-refractivity contribution in [2.45, 2.75) is 70.5 Å². The Morgan fingerprint density at radius 1 is 1.25 bits per heavy atom. The lowest BCUT2D eigenvalue weighted by molar-refractivity contribution is 0.0358. The molecule has 1 spiro atoms. The third-order valence-electron chi connectivity index (χ3n) is 5.27. The average Bonchev–Trinajstić information content (AvgIpc) is 3.11. The van der Waals surface area contributed by atoms with Gasteiger partial charge in [0.2, 0.25) is 0 Å². The summed E-state index contributed by atoms with van der Waals surface area (Å²) in [5, 5.41) is 3.80. The van der Waals surface area contributed by atoms with E-state index in [0.717, 1.165) is 0 Å². The summed E-state index contributed by atoms with van der Waals surface area (Å²) in [5.41, 5.74) is 0.460. The number of nitrogens with one attached hydrogen (secondary N) is 1. The standard InChI is InChI=1S/C17H28N2S/c1-3-14-11-19(12-16-8-7-15(4-2)20-16)17(13-18-14)9-5-6-10-17/h7-8,14,18H,3-6,9-13H2,1-2H3. The van der Waals surface area contributed by atoms with Crippen molar-refractivity contribution >= 4 is 11.3 Å². The predicted octanol–water partition coefficient (Wildman–Crippen LogP) is 3.81. The summed E-state index contributed by atoms with van der Waals surface area (Å²) in [5.74, 6) is 0. The van der Waals surface area contributed by atoms with Crippen LogP contribution in [0.5, 0.6) is 0 Å². The normalized spacial score (nSPS) is 26.4. The van der Waals surface area contributed by atoms with E-state index in [1.54, 1.807) is 4.88 Å². The largest absolute Gasteiger partial charge is 0.311 e. The molecule has 1 N–H and O–H groups in total. The van der Waals surface area contributed by atoms with Crippen LogP contribution in [0.3, 0.4) is 0 Å². The minimum absolute atomic E-state index is 0.460. The molecule has 0 radical (unpaired) electrons. The number of nitrogens with zero attached hydrogens (tertiary/aromatic N) is 1. The molecular formula is C17H28N2S. The highest BCUT2D eigenvalue weighted by Crippen LogP contribution is 2.38. The summed E-state index contributed by atoms with van der Waals surface area (Å²) in [6.45, 7) is 8.17. The van der Waals surface area contributed by atoms with Gasteiger partial charge in [-0.2, -0.15) is 0 Å². The second-order valence-electron chi connectivity index (χ2n) is 6.52. The molecule has 2 heterocycles. The molecule has 1 unspecified atom stereocenters. The lowest BCUT2D eigenvalue weighted by Gasteiger charge is -2.48. The number of hydrogen-bond donors (Lipinski definition) is 1. The van der Waals surface area contributed by atoms with Gasteiger partial charge in [0.1, 0.15) is 0 Å². The van der Waals surface area contributed by atoms with Crippen molar-refractivity contribution in [3.8, 4) is 0 Å². The Morgan fingerprint density at radius 2 is 2.00 bits per heavy atom. The fourth-order valence-corrected chi connectivity index (χ4v) is 4.86. The minimum atomic E-state index is 0.460. The maximum absolute atomic E-state index is 3.80. The van der Waals surface area contributed by atoms with Crippen LogP contribution in [0.15, 0.2) is 12.1 Å². The van der Waals surface area contributed by atoms with Crippen molar-refractivity contribution in [3.05, 3.63) is 21.9 Å². The summed E-state index contributed by atoms with van der Waals surface area (Å²) in [7, 11) is 0. The van der Waals surface area contributed by atoms with Gasteiger partial charge in [0, 0.05) is 41.0 Å². The van der Waals surface area contributed by atoms with Gasteiger partial charge in [-0.15, -0.1) is 11.3 Å². The van der Waals surface area contributed by atoms with Gasteiger partial charge in [-0.1, -0.05) is 26.7 Å². The molecule has 0 bridgehead atoms. The molecule has 2 fully saturated rings. The molecule has 2 aliphatic rings. The number of aryl methyl sites for hydroxylation is 1. The molecule has 0 aromatic carbocycles. The highest BCUT2D eigenvalue weighted by atomic mass is 32.1. The van der Waals surface area contributed by atoms with Crippen LogP contribution in [0, 0.1) is 0 Å². The Labute approximate surface area is 127 Å². The van der Waals surface area contributed by atoms with Crippen LogP contribution in [0.4, 0.5) is 0 Å². The molecule has 1 aliphatic carbocycles. The van der Waals surface area contributed by atoms with Gasteiger partial charge in [0.05, 0.1) is 0 Å². The second kappa shape index (κ2) is 6.17. The Kier molecular flexibility index (Phi) is 4.49. The predicted molar refractivity (Wildman–Crippen MR) is 87.4 cm³/mol. The number of hydrogen-bond acceptors (Lipinski definition) is 3. The lowest BCUT2D eigenvalue weighted by atomic mass is 9.90. The van der Waals surface area contributed by atoms with Crippen molar-refractivity contribution in [2.24, 2.45) is 0 Å². The minimum Gasteiger partial charge on any atom is -0.311 e. The van der Waals surface area contributed by atoms with E-state index in [1.165, 1.54) is 63.0 Å². The molecule has 1 saturated carbocycles. The maximum atomic E-state index is 3.80. The first kappa shape index (κ1) is 14.6. The molecule has 2 nitrogen and oxygen atoms in total. The molecule has 1 aromatic heterocycles. The van der Waals surface area contributed by atoms with Crippen molar-refractivity contribution in [3.63, 3.8) is 0 Å². The molecule has 3 rings (SSSR count). The summed E-state index contributed by atoms with van der Waals surface area (Å²) in [6, 6.07) is 5.36. The van der Waals surface area contributed by atoms with Crippen molar-refractivity contribution in [1.82, 2.24) is 10.2 Å². The lowest BCUT2D eigenvalue weighted by Crippen LogP contribution is -2.62. The molecule has 112 valence electrons. The monoisotopic (exact) mass is 292 g/mol. The van der Waals surface area contributed by atoms with E-state index in [-0.39, 0.29) is 0 Å². The first-order valence-corrected chi connectivity index (χ1v) is 9.13. The van der Waals surface area contributed by atoms with Gasteiger partial charge < -0.3 is 5.32 Å². The van der Waals surface area contributed by atoms with E-state index in [9.17, 15) is 0 Å². The summed E-state index contributed by atoms with van der Waals surface area (Å²) in [6.07, 6.45) is 8.04. The van der Waals surface area contributed by atoms with E-state index >= 15 is 0 Å². The topological polar surface area (TPSA) is 15.3 Å². The molecule has 1 aromatic rings. The Bertz CT molecular complexity index is 434.